The van der Waals surface area contributed by atoms with Crippen LogP contribution in [-0.2, 0) is 16.1 Å². The summed E-state index contributed by atoms with van der Waals surface area (Å²) in [5.74, 6) is -0.932. The molecular formula is C17H15BrFNO4. The summed E-state index contributed by atoms with van der Waals surface area (Å²) in [4.78, 5) is 23.7. The van der Waals surface area contributed by atoms with Crippen molar-refractivity contribution in [2.24, 2.45) is 0 Å². The van der Waals surface area contributed by atoms with Gasteiger partial charge in [-0.3, -0.25) is 4.79 Å². The van der Waals surface area contributed by atoms with Crippen LogP contribution < -0.4 is 10.1 Å². The quantitative estimate of drug-likeness (QED) is 0.763. The lowest BCUT2D eigenvalue weighted by atomic mass is 10.2. The van der Waals surface area contributed by atoms with Crippen LogP contribution in [-0.4, -0.2) is 25.6 Å². The van der Waals surface area contributed by atoms with Crippen LogP contribution in [0.2, 0.25) is 0 Å². The highest BCUT2D eigenvalue weighted by Gasteiger charge is 2.14. The smallest absolute Gasteiger partial charge is 0.339 e. The molecule has 1 amide bonds. The first-order valence-electron chi connectivity index (χ1n) is 7.01. The molecule has 0 atom stereocenters. The van der Waals surface area contributed by atoms with Gasteiger partial charge in [0, 0.05) is 11.0 Å². The number of nitrogens with one attached hydrogen (secondary N) is 1. The number of ether oxygens (including phenoxy) is 2. The highest BCUT2D eigenvalue weighted by atomic mass is 79.9. The molecule has 0 heterocycles. The van der Waals surface area contributed by atoms with Gasteiger partial charge in [-0.15, -0.1) is 0 Å². The van der Waals surface area contributed by atoms with Gasteiger partial charge in [-0.25, -0.2) is 9.18 Å². The van der Waals surface area contributed by atoms with Crippen LogP contribution in [0.15, 0.2) is 46.9 Å². The van der Waals surface area contributed by atoms with E-state index in [9.17, 15) is 14.0 Å². The minimum Gasteiger partial charge on any atom is -0.497 e. The van der Waals surface area contributed by atoms with E-state index < -0.39 is 18.5 Å². The third kappa shape index (κ3) is 5.06. The van der Waals surface area contributed by atoms with E-state index in [0.717, 1.165) is 5.56 Å². The molecule has 126 valence electrons. The summed E-state index contributed by atoms with van der Waals surface area (Å²) in [6.07, 6.45) is 0. The maximum absolute atomic E-state index is 12.8. The molecule has 0 unspecified atom stereocenters. The van der Waals surface area contributed by atoms with Crippen LogP contribution in [0.5, 0.6) is 5.75 Å². The van der Waals surface area contributed by atoms with Crippen LogP contribution in [0.4, 0.5) is 4.39 Å². The second-order valence-corrected chi connectivity index (χ2v) is 5.68. The van der Waals surface area contributed by atoms with Crippen molar-refractivity contribution in [2.75, 3.05) is 13.7 Å². The Labute approximate surface area is 146 Å². The Morgan fingerprint density at radius 2 is 1.88 bits per heavy atom. The minimum absolute atomic E-state index is 0.222. The lowest BCUT2D eigenvalue weighted by molar-refractivity contribution is -0.124. The molecule has 0 aromatic heterocycles. The molecule has 0 radical (unpaired) electrons. The monoisotopic (exact) mass is 395 g/mol. The number of amides is 1. The fourth-order valence-corrected chi connectivity index (χ4v) is 2.26. The zero-order chi connectivity index (χ0) is 17.5. The van der Waals surface area contributed by atoms with Crippen molar-refractivity contribution >= 4 is 27.8 Å². The number of carbonyl (C=O) groups excluding carboxylic acids is 2. The summed E-state index contributed by atoms with van der Waals surface area (Å²) in [7, 11) is 1.49. The number of methoxy groups -OCH3 is 1. The van der Waals surface area contributed by atoms with Gasteiger partial charge in [-0.2, -0.15) is 0 Å². The zero-order valence-corrected chi connectivity index (χ0v) is 14.4. The highest BCUT2D eigenvalue weighted by molar-refractivity contribution is 9.10. The molecule has 0 saturated heterocycles. The fourth-order valence-electron chi connectivity index (χ4n) is 1.85. The second kappa shape index (κ2) is 8.44. The van der Waals surface area contributed by atoms with Crippen molar-refractivity contribution in [3.8, 4) is 5.75 Å². The SMILES string of the molecule is COc1ccc(Br)c(C(=O)OCC(=O)NCc2ccc(F)cc2)c1. The van der Waals surface area contributed by atoms with E-state index in [1.54, 1.807) is 24.3 Å². The Bertz CT molecular complexity index is 734. The molecule has 0 bridgehead atoms. The predicted octanol–water partition coefficient (Wildman–Crippen LogP) is 3.07. The van der Waals surface area contributed by atoms with Crippen molar-refractivity contribution in [2.45, 2.75) is 6.54 Å². The van der Waals surface area contributed by atoms with Crippen molar-refractivity contribution < 1.29 is 23.5 Å². The number of halogens is 2. The maximum Gasteiger partial charge on any atom is 0.339 e. The zero-order valence-electron chi connectivity index (χ0n) is 12.8. The third-order valence-corrected chi connectivity index (χ3v) is 3.82. The van der Waals surface area contributed by atoms with Crippen LogP contribution in [0.3, 0.4) is 0 Å². The Morgan fingerprint density at radius 1 is 1.17 bits per heavy atom. The molecule has 0 saturated carbocycles. The number of hydrogen-bond donors (Lipinski definition) is 1. The van der Waals surface area contributed by atoms with Crippen LogP contribution in [0.1, 0.15) is 15.9 Å². The first-order valence-corrected chi connectivity index (χ1v) is 7.80. The molecule has 2 aromatic carbocycles. The van der Waals surface area contributed by atoms with Crippen LogP contribution >= 0.6 is 15.9 Å². The first-order chi connectivity index (χ1) is 11.5. The average molecular weight is 396 g/mol. The fraction of sp³-hybridized carbons (Fsp3) is 0.176. The van der Waals surface area contributed by atoms with Gasteiger partial charge in [-0.05, 0) is 51.8 Å². The Morgan fingerprint density at radius 3 is 2.54 bits per heavy atom. The molecule has 1 N–H and O–H groups in total. The van der Waals surface area contributed by atoms with Gasteiger partial charge in [0.25, 0.3) is 5.91 Å². The molecule has 7 heteroatoms. The van der Waals surface area contributed by atoms with E-state index >= 15 is 0 Å². The molecule has 0 aliphatic rings. The maximum atomic E-state index is 12.8. The predicted molar refractivity (Wildman–Crippen MR) is 89.2 cm³/mol. The molecule has 24 heavy (non-hydrogen) atoms. The lowest BCUT2D eigenvalue weighted by Gasteiger charge is -2.09. The van der Waals surface area contributed by atoms with E-state index in [0.29, 0.717) is 10.2 Å². The Kier molecular flexibility index (Phi) is 6.31. The van der Waals surface area contributed by atoms with Gasteiger partial charge in [0.15, 0.2) is 6.61 Å². The molecule has 0 aliphatic heterocycles. The summed E-state index contributed by atoms with van der Waals surface area (Å²) >= 11 is 3.25. The number of esters is 1. The largest absolute Gasteiger partial charge is 0.497 e. The summed E-state index contributed by atoms with van der Waals surface area (Å²) < 4.78 is 23.4. The van der Waals surface area contributed by atoms with E-state index in [1.807, 2.05) is 0 Å². The van der Waals surface area contributed by atoms with Gasteiger partial charge in [0.2, 0.25) is 0 Å². The molecule has 0 fully saturated rings. The molecule has 0 spiro atoms. The third-order valence-electron chi connectivity index (χ3n) is 3.13. The molecule has 2 rings (SSSR count). The summed E-state index contributed by atoms with van der Waals surface area (Å²) in [6, 6.07) is 10.6. The summed E-state index contributed by atoms with van der Waals surface area (Å²) in [5.41, 5.74) is 1.01. The Balaban J connectivity index is 1.85. The van der Waals surface area contributed by atoms with Crippen LogP contribution in [0.25, 0.3) is 0 Å². The van der Waals surface area contributed by atoms with Crippen molar-refractivity contribution in [1.82, 2.24) is 5.32 Å². The number of hydrogen-bond acceptors (Lipinski definition) is 4. The van der Waals surface area contributed by atoms with Crippen LogP contribution in [0, 0.1) is 5.82 Å². The average Bonchev–Trinajstić information content (AvgIpc) is 2.59. The van der Waals surface area contributed by atoms with Gasteiger partial charge in [-0.1, -0.05) is 12.1 Å². The minimum atomic E-state index is -0.641. The molecule has 2 aromatic rings. The Hall–Kier alpha value is -2.41. The summed E-state index contributed by atoms with van der Waals surface area (Å²) in [5, 5.41) is 2.59. The van der Waals surface area contributed by atoms with Crippen molar-refractivity contribution in [3.63, 3.8) is 0 Å². The molecular weight excluding hydrogens is 381 g/mol. The number of rotatable bonds is 6. The standard InChI is InChI=1S/C17H15BrFNO4/c1-23-13-6-7-15(18)14(8-13)17(22)24-10-16(21)20-9-11-2-4-12(19)5-3-11/h2-8H,9-10H2,1H3,(H,20,21). The normalized spacial score (nSPS) is 10.1. The van der Waals surface area contributed by atoms with Crippen molar-refractivity contribution in [1.29, 1.82) is 0 Å². The van der Waals surface area contributed by atoms with Gasteiger partial charge < -0.3 is 14.8 Å². The molecule has 0 aliphatic carbocycles. The topological polar surface area (TPSA) is 64.6 Å². The lowest BCUT2D eigenvalue weighted by Crippen LogP contribution is -2.28. The summed E-state index contributed by atoms with van der Waals surface area (Å²) in [6.45, 7) is -0.191. The molecule has 5 nitrogen and oxygen atoms in total. The first kappa shape index (κ1) is 17.9. The van der Waals surface area contributed by atoms with E-state index in [4.69, 9.17) is 9.47 Å². The number of benzene rings is 2. The highest BCUT2D eigenvalue weighted by Crippen LogP contribution is 2.23. The van der Waals surface area contributed by atoms with Crippen molar-refractivity contribution in [3.05, 3.63) is 63.9 Å². The van der Waals surface area contributed by atoms with Gasteiger partial charge in [0.1, 0.15) is 11.6 Å². The van der Waals surface area contributed by atoms with E-state index in [2.05, 4.69) is 21.2 Å². The second-order valence-electron chi connectivity index (χ2n) is 4.83. The van der Waals surface area contributed by atoms with Gasteiger partial charge in [0.05, 0.1) is 12.7 Å². The van der Waals surface area contributed by atoms with E-state index in [1.165, 1.54) is 25.3 Å². The number of carbonyl (C=O) groups is 2. The van der Waals surface area contributed by atoms with E-state index in [-0.39, 0.29) is 17.9 Å². The van der Waals surface area contributed by atoms with Gasteiger partial charge >= 0.3 is 5.97 Å².